The molecule has 0 aromatic rings. The summed E-state index contributed by atoms with van der Waals surface area (Å²) in [6.45, 7) is 3.03. The summed E-state index contributed by atoms with van der Waals surface area (Å²) in [4.78, 5) is 0. The predicted octanol–water partition coefficient (Wildman–Crippen LogP) is 1.36. The molecule has 0 spiro atoms. The number of nitrogens with one attached hydrogen (secondary N) is 1. The summed E-state index contributed by atoms with van der Waals surface area (Å²) in [5, 5.41) is 3.45. The van der Waals surface area contributed by atoms with E-state index >= 15 is 0 Å². The van der Waals surface area contributed by atoms with Gasteiger partial charge >= 0.3 is 0 Å². The molecule has 4 nitrogen and oxygen atoms in total. The first-order valence-electron chi connectivity index (χ1n) is 6.40. The van der Waals surface area contributed by atoms with Crippen molar-refractivity contribution in [3.05, 3.63) is 0 Å². The van der Waals surface area contributed by atoms with E-state index in [0.717, 1.165) is 25.8 Å². The molecule has 1 aliphatic carbocycles. The molecule has 0 saturated heterocycles. The van der Waals surface area contributed by atoms with Crippen molar-refractivity contribution in [3.63, 3.8) is 0 Å². The Hall–Kier alpha value is -0.130. The van der Waals surface area contributed by atoms with E-state index in [4.69, 9.17) is 4.74 Å². The van der Waals surface area contributed by atoms with E-state index in [2.05, 4.69) is 12.2 Å². The standard InChI is InChI=1S/C12H25NO3S/c1-4-9-13-11(6-10-17(3,14)15)12(16-2)7-5-8-12/h11,13H,4-10H2,1-3H3. The van der Waals surface area contributed by atoms with Crippen LogP contribution in [0.1, 0.15) is 39.0 Å². The molecular weight excluding hydrogens is 238 g/mol. The molecule has 1 saturated carbocycles. The number of methoxy groups -OCH3 is 1. The zero-order chi connectivity index (χ0) is 12.9. The van der Waals surface area contributed by atoms with E-state index in [1.165, 1.54) is 12.7 Å². The minimum absolute atomic E-state index is 0.125. The topological polar surface area (TPSA) is 55.4 Å². The summed E-state index contributed by atoms with van der Waals surface area (Å²) in [5.41, 5.74) is -0.125. The molecular formula is C12H25NO3S. The Morgan fingerprint density at radius 1 is 1.41 bits per heavy atom. The lowest BCUT2D eigenvalue weighted by Gasteiger charge is -2.47. The number of sulfone groups is 1. The fourth-order valence-electron chi connectivity index (χ4n) is 2.42. The Bertz CT molecular complexity index is 317. The highest BCUT2D eigenvalue weighted by Gasteiger charge is 2.44. The first-order chi connectivity index (χ1) is 7.93. The highest BCUT2D eigenvalue weighted by atomic mass is 32.2. The Labute approximate surface area is 105 Å². The van der Waals surface area contributed by atoms with E-state index in [9.17, 15) is 8.42 Å². The lowest BCUT2D eigenvalue weighted by molar-refractivity contribution is -0.0987. The second-order valence-electron chi connectivity index (χ2n) is 5.05. The van der Waals surface area contributed by atoms with Gasteiger partial charge in [0.2, 0.25) is 0 Å². The normalized spacial score (nSPS) is 20.9. The second kappa shape index (κ2) is 6.16. The van der Waals surface area contributed by atoms with Crippen molar-refractivity contribution in [3.8, 4) is 0 Å². The van der Waals surface area contributed by atoms with Crippen molar-refractivity contribution in [1.29, 1.82) is 0 Å². The molecule has 1 aliphatic rings. The third-order valence-electron chi connectivity index (χ3n) is 3.66. The molecule has 1 atom stereocenters. The van der Waals surface area contributed by atoms with E-state index in [-0.39, 0.29) is 17.4 Å². The van der Waals surface area contributed by atoms with Gasteiger partial charge in [0.05, 0.1) is 11.4 Å². The predicted molar refractivity (Wildman–Crippen MR) is 70.0 cm³/mol. The van der Waals surface area contributed by atoms with Gasteiger partial charge in [-0.15, -0.1) is 0 Å². The number of hydrogen-bond donors (Lipinski definition) is 1. The van der Waals surface area contributed by atoms with Crippen LogP contribution in [0.25, 0.3) is 0 Å². The van der Waals surface area contributed by atoms with E-state index in [0.29, 0.717) is 6.42 Å². The van der Waals surface area contributed by atoms with Gasteiger partial charge in [-0.1, -0.05) is 6.92 Å². The van der Waals surface area contributed by atoms with Crippen LogP contribution in [0.3, 0.4) is 0 Å². The SMILES string of the molecule is CCCNC(CCS(C)(=O)=O)C1(OC)CCC1. The molecule has 102 valence electrons. The fraction of sp³-hybridized carbons (Fsp3) is 1.00. The summed E-state index contributed by atoms with van der Waals surface area (Å²) >= 11 is 0. The van der Waals surface area contributed by atoms with Crippen molar-refractivity contribution < 1.29 is 13.2 Å². The van der Waals surface area contributed by atoms with Gasteiger partial charge in [-0.05, 0) is 38.6 Å². The molecule has 0 aromatic carbocycles. The van der Waals surface area contributed by atoms with Crippen molar-refractivity contribution in [2.75, 3.05) is 25.7 Å². The fourth-order valence-corrected chi connectivity index (χ4v) is 3.09. The Kier molecular flexibility index (Phi) is 5.41. The van der Waals surface area contributed by atoms with Gasteiger partial charge in [0, 0.05) is 19.4 Å². The Morgan fingerprint density at radius 3 is 2.41 bits per heavy atom. The molecule has 1 rings (SSSR count). The molecule has 5 heteroatoms. The largest absolute Gasteiger partial charge is 0.377 e. The van der Waals surface area contributed by atoms with E-state index in [1.807, 2.05) is 0 Å². The summed E-state index contributed by atoms with van der Waals surface area (Å²) in [6.07, 6.45) is 6.24. The second-order valence-corrected chi connectivity index (χ2v) is 7.31. The van der Waals surface area contributed by atoms with Crippen molar-refractivity contribution >= 4 is 9.84 Å². The van der Waals surface area contributed by atoms with Crippen LogP contribution in [0, 0.1) is 0 Å². The third kappa shape index (κ3) is 4.23. The van der Waals surface area contributed by atoms with Gasteiger partial charge in [0.1, 0.15) is 9.84 Å². The molecule has 1 fully saturated rings. The van der Waals surface area contributed by atoms with Crippen molar-refractivity contribution in [2.24, 2.45) is 0 Å². The van der Waals surface area contributed by atoms with Gasteiger partial charge in [0.25, 0.3) is 0 Å². The van der Waals surface area contributed by atoms with Gasteiger partial charge in [-0.25, -0.2) is 8.42 Å². The molecule has 0 bridgehead atoms. The zero-order valence-electron chi connectivity index (χ0n) is 11.2. The van der Waals surface area contributed by atoms with E-state index < -0.39 is 9.84 Å². The monoisotopic (exact) mass is 263 g/mol. The maximum Gasteiger partial charge on any atom is 0.147 e. The van der Waals surface area contributed by atoms with Crippen LogP contribution in [-0.2, 0) is 14.6 Å². The van der Waals surface area contributed by atoms with Gasteiger partial charge in [-0.2, -0.15) is 0 Å². The molecule has 0 radical (unpaired) electrons. The molecule has 17 heavy (non-hydrogen) atoms. The van der Waals surface area contributed by atoms with Gasteiger partial charge < -0.3 is 10.1 Å². The Morgan fingerprint density at radius 2 is 2.06 bits per heavy atom. The molecule has 0 amide bonds. The average Bonchev–Trinajstić information content (AvgIpc) is 2.18. The third-order valence-corrected chi connectivity index (χ3v) is 4.64. The maximum absolute atomic E-state index is 11.3. The Balaban J connectivity index is 2.59. The number of ether oxygens (including phenoxy) is 1. The lowest BCUT2D eigenvalue weighted by atomic mass is 9.73. The van der Waals surface area contributed by atoms with Gasteiger partial charge in [-0.3, -0.25) is 0 Å². The van der Waals surface area contributed by atoms with Crippen LogP contribution < -0.4 is 5.32 Å². The number of hydrogen-bond acceptors (Lipinski definition) is 4. The summed E-state index contributed by atoms with van der Waals surface area (Å²) in [6, 6.07) is 0.163. The molecule has 0 aliphatic heterocycles. The molecule has 0 heterocycles. The van der Waals surface area contributed by atoms with E-state index in [1.54, 1.807) is 7.11 Å². The highest BCUT2D eigenvalue weighted by molar-refractivity contribution is 7.90. The summed E-state index contributed by atoms with van der Waals surface area (Å²) in [5.74, 6) is 0.236. The van der Waals surface area contributed by atoms with Crippen molar-refractivity contribution in [2.45, 2.75) is 50.7 Å². The van der Waals surface area contributed by atoms with Crippen LogP contribution in [0.15, 0.2) is 0 Å². The first-order valence-corrected chi connectivity index (χ1v) is 8.46. The lowest BCUT2D eigenvalue weighted by Crippen LogP contribution is -2.57. The quantitative estimate of drug-likeness (QED) is 0.718. The minimum Gasteiger partial charge on any atom is -0.377 e. The summed E-state index contributed by atoms with van der Waals surface area (Å²) < 4.78 is 28.2. The van der Waals surface area contributed by atoms with Crippen LogP contribution in [0.4, 0.5) is 0 Å². The molecule has 1 N–H and O–H groups in total. The summed E-state index contributed by atoms with van der Waals surface area (Å²) in [7, 11) is -1.16. The minimum atomic E-state index is -2.89. The van der Waals surface area contributed by atoms with Crippen LogP contribution in [-0.4, -0.2) is 45.7 Å². The van der Waals surface area contributed by atoms with Gasteiger partial charge in [0.15, 0.2) is 0 Å². The van der Waals surface area contributed by atoms with Crippen LogP contribution >= 0.6 is 0 Å². The maximum atomic E-state index is 11.3. The smallest absolute Gasteiger partial charge is 0.147 e. The molecule has 1 unspecified atom stereocenters. The van der Waals surface area contributed by atoms with Crippen LogP contribution in [0.5, 0.6) is 0 Å². The average molecular weight is 263 g/mol. The number of rotatable bonds is 8. The highest BCUT2D eigenvalue weighted by Crippen LogP contribution is 2.39. The first kappa shape index (κ1) is 14.9. The zero-order valence-corrected chi connectivity index (χ0v) is 12.0. The van der Waals surface area contributed by atoms with Crippen molar-refractivity contribution in [1.82, 2.24) is 5.32 Å². The molecule has 0 aromatic heterocycles. The van der Waals surface area contributed by atoms with Crippen LogP contribution in [0.2, 0.25) is 0 Å².